The average molecular weight is 245 g/mol. The van der Waals surface area contributed by atoms with Crippen molar-refractivity contribution in [1.82, 2.24) is 0 Å². The first-order valence-electron chi connectivity index (χ1n) is 5.24. The summed E-state index contributed by atoms with van der Waals surface area (Å²) < 4.78 is 31.1. The highest BCUT2D eigenvalue weighted by Crippen LogP contribution is 2.26. The molecule has 0 saturated carbocycles. The lowest BCUT2D eigenvalue weighted by Crippen LogP contribution is -1.91. The molecule has 0 spiro atoms. The molecule has 0 aromatic heterocycles. The lowest BCUT2D eigenvalue weighted by atomic mass is 10.1. The van der Waals surface area contributed by atoms with Crippen LogP contribution in [-0.2, 0) is 0 Å². The third-order valence-electron chi connectivity index (χ3n) is 2.37. The van der Waals surface area contributed by atoms with Crippen LogP contribution in [-0.4, -0.2) is 0 Å². The smallest absolute Gasteiger partial charge is 0.162 e. The molecule has 2 nitrogen and oxygen atoms in total. The molecular formula is C14H9F2NO. The van der Waals surface area contributed by atoms with E-state index in [1.54, 1.807) is 18.2 Å². The molecule has 0 fully saturated rings. The molecule has 0 N–H and O–H groups in total. The van der Waals surface area contributed by atoms with Crippen LogP contribution in [0, 0.1) is 29.9 Å². The molecule has 0 radical (unpaired) electrons. The highest BCUT2D eigenvalue weighted by molar-refractivity contribution is 5.47. The molecule has 2 rings (SSSR count). The van der Waals surface area contributed by atoms with E-state index in [2.05, 4.69) is 0 Å². The van der Waals surface area contributed by atoms with Crippen LogP contribution in [0.25, 0.3) is 0 Å². The van der Waals surface area contributed by atoms with Gasteiger partial charge in [-0.2, -0.15) is 5.26 Å². The zero-order valence-electron chi connectivity index (χ0n) is 9.58. The minimum atomic E-state index is -0.988. The van der Waals surface area contributed by atoms with Crippen LogP contribution < -0.4 is 4.74 Å². The lowest BCUT2D eigenvalue weighted by molar-refractivity contribution is 0.460. The second kappa shape index (κ2) is 4.84. The summed E-state index contributed by atoms with van der Waals surface area (Å²) in [5.41, 5.74) is 1.27. The normalized spacial score (nSPS) is 9.89. The van der Waals surface area contributed by atoms with E-state index < -0.39 is 11.6 Å². The lowest BCUT2D eigenvalue weighted by Gasteiger charge is -2.08. The first kappa shape index (κ1) is 12.1. The maximum atomic E-state index is 13.0. The van der Waals surface area contributed by atoms with E-state index in [9.17, 15) is 8.78 Å². The van der Waals surface area contributed by atoms with Crippen LogP contribution in [0.3, 0.4) is 0 Å². The van der Waals surface area contributed by atoms with Gasteiger partial charge in [-0.1, -0.05) is 6.07 Å². The van der Waals surface area contributed by atoms with Gasteiger partial charge in [-0.05, 0) is 36.8 Å². The number of ether oxygens (including phenoxy) is 1. The van der Waals surface area contributed by atoms with Gasteiger partial charge in [0.25, 0.3) is 0 Å². The Labute approximate surface area is 103 Å². The highest BCUT2D eigenvalue weighted by Gasteiger charge is 2.07. The van der Waals surface area contributed by atoms with Crippen LogP contribution in [0.2, 0.25) is 0 Å². The van der Waals surface area contributed by atoms with E-state index in [0.29, 0.717) is 11.3 Å². The predicted molar refractivity (Wildman–Crippen MR) is 62.3 cm³/mol. The summed E-state index contributed by atoms with van der Waals surface area (Å²) in [4.78, 5) is 0. The van der Waals surface area contributed by atoms with Crippen molar-refractivity contribution >= 4 is 0 Å². The maximum Gasteiger partial charge on any atom is 0.162 e. The fourth-order valence-electron chi connectivity index (χ4n) is 1.49. The van der Waals surface area contributed by atoms with Crippen LogP contribution in [0.15, 0.2) is 36.4 Å². The first-order valence-corrected chi connectivity index (χ1v) is 5.24. The number of hydrogen-bond acceptors (Lipinski definition) is 2. The Kier molecular flexibility index (Phi) is 3.24. The van der Waals surface area contributed by atoms with Gasteiger partial charge in [0.05, 0.1) is 5.56 Å². The number of benzene rings is 2. The number of rotatable bonds is 2. The van der Waals surface area contributed by atoms with Crippen molar-refractivity contribution in [2.24, 2.45) is 0 Å². The Hall–Kier alpha value is -2.41. The average Bonchev–Trinajstić information content (AvgIpc) is 2.36. The zero-order valence-corrected chi connectivity index (χ0v) is 9.58. The summed E-state index contributed by atoms with van der Waals surface area (Å²) in [6.07, 6.45) is 0. The summed E-state index contributed by atoms with van der Waals surface area (Å²) in [6, 6.07) is 10.3. The van der Waals surface area contributed by atoms with Gasteiger partial charge in [0, 0.05) is 6.07 Å². The monoisotopic (exact) mass is 245 g/mol. The summed E-state index contributed by atoms with van der Waals surface area (Å²) in [7, 11) is 0. The molecule has 18 heavy (non-hydrogen) atoms. The van der Waals surface area contributed by atoms with Gasteiger partial charge in [0.1, 0.15) is 17.6 Å². The minimum absolute atomic E-state index is 0.147. The van der Waals surface area contributed by atoms with E-state index in [4.69, 9.17) is 10.00 Å². The number of hydrogen-bond donors (Lipinski definition) is 0. The standard InChI is InChI=1S/C14H9F2NO/c1-9-2-5-14(10(6-9)8-17)18-11-3-4-12(15)13(16)7-11/h2-7H,1H3. The second-order valence-corrected chi connectivity index (χ2v) is 3.79. The molecule has 4 heteroatoms. The van der Waals surface area contributed by atoms with E-state index in [-0.39, 0.29) is 5.75 Å². The van der Waals surface area contributed by atoms with E-state index in [0.717, 1.165) is 17.7 Å². The molecule has 0 bridgehead atoms. The van der Waals surface area contributed by atoms with Crippen molar-refractivity contribution in [3.8, 4) is 17.6 Å². The van der Waals surface area contributed by atoms with Crippen LogP contribution in [0.1, 0.15) is 11.1 Å². The SMILES string of the molecule is Cc1ccc(Oc2ccc(F)c(F)c2)c(C#N)c1. The van der Waals surface area contributed by atoms with Crippen molar-refractivity contribution in [3.05, 3.63) is 59.2 Å². The van der Waals surface area contributed by atoms with Crippen LogP contribution in [0.4, 0.5) is 8.78 Å². The molecule has 90 valence electrons. The van der Waals surface area contributed by atoms with Crippen molar-refractivity contribution in [2.75, 3.05) is 0 Å². The third-order valence-corrected chi connectivity index (χ3v) is 2.37. The van der Waals surface area contributed by atoms with Gasteiger partial charge in [-0.3, -0.25) is 0 Å². The summed E-state index contributed by atoms with van der Waals surface area (Å²) in [5, 5.41) is 8.96. The Morgan fingerprint density at radius 3 is 2.50 bits per heavy atom. The molecule has 0 aliphatic rings. The van der Waals surface area contributed by atoms with Gasteiger partial charge in [0.2, 0.25) is 0 Å². The number of nitrogens with zero attached hydrogens (tertiary/aromatic N) is 1. The molecule has 0 heterocycles. The largest absolute Gasteiger partial charge is 0.456 e. The van der Waals surface area contributed by atoms with Gasteiger partial charge < -0.3 is 4.74 Å². The second-order valence-electron chi connectivity index (χ2n) is 3.79. The van der Waals surface area contributed by atoms with Crippen LogP contribution >= 0.6 is 0 Å². The van der Waals surface area contributed by atoms with Crippen molar-refractivity contribution in [3.63, 3.8) is 0 Å². The topological polar surface area (TPSA) is 33.0 Å². The summed E-state index contributed by atoms with van der Waals surface area (Å²) in [6.45, 7) is 1.85. The molecule has 0 saturated heterocycles. The Balaban J connectivity index is 2.34. The Morgan fingerprint density at radius 2 is 1.83 bits per heavy atom. The predicted octanol–water partition coefficient (Wildman–Crippen LogP) is 3.94. The van der Waals surface area contributed by atoms with Crippen LogP contribution in [0.5, 0.6) is 11.5 Å². The van der Waals surface area contributed by atoms with Gasteiger partial charge in [0.15, 0.2) is 11.6 Å². The molecule has 0 atom stereocenters. The Morgan fingerprint density at radius 1 is 1.06 bits per heavy atom. The minimum Gasteiger partial charge on any atom is -0.456 e. The summed E-state index contributed by atoms with van der Waals surface area (Å²) >= 11 is 0. The van der Waals surface area contributed by atoms with E-state index >= 15 is 0 Å². The fourth-order valence-corrected chi connectivity index (χ4v) is 1.49. The quantitative estimate of drug-likeness (QED) is 0.802. The van der Waals surface area contributed by atoms with E-state index in [1.807, 2.05) is 13.0 Å². The molecule has 0 amide bonds. The molecular weight excluding hydrogens is 236 g/mol. The zero-order chi connectivity index (χ0) is 13.1. The summed E-state index contributed by atoms with van der Waals surface area (Å²) in [5.74, 6) is -1.46. The van der Waals surface area contributed by atoms with Crippen molar-refractivity contribution in [1.29, 1.82) is 5.26 Å². The van der Waals surface area contributed by atoms with Crippen molar-refractivity contribution < 1.29 is 13.5 Å². The number of nitriles is 1. The molecule has 0 aliphatic heterocycles. The molecule has 0 aliphatic carbocycles. The van der Waals surface area contributed by atoms with Gasteiger partial charge in [-0.25, -0.2) is 8.78 Å². The van der Waals surface area contributed by atoms with Gasteiger partial charge in [-0.15, -0.1) is 0 Å². The fraction of sp³-hybridized carbons (Fsp3) is 0.0714. The van der Waals surface area contributed by atoms with Gasteiger partial charge >= 0.3 is 0 Å². The molecule has 2 aromatic rings. The maximum absolute atomic E-state index is 13.0. The number of halogens is 2. The number of aryl methyl sites for hydroxylation is 1. The molecule has 0 unspecified atom stereocenters. The van der Waals surface area contributed by atoms with Crippen molar-refractivity contribution in [2.45, 2.75) is 6.92 Å². The highest BCUT2D eigenvalue weighted by atomic mass is 19.2. The Bertz CT molecular complexity index is 632. The molecule has 2 aromatic carbocycles. The third kappa shape index (κ3) is 2.46. The van der Waals surface area contributed by atoms with E-state index in [1.165, 1.54) is 6.07 Å². The first-order chi connectivity index (χ1) is 8.60.